The summed E-state index contributed by atoms with van der Waals surface area (Å²) in [4.78, 5) is 14.2. The van der Waals surface area contributed by atoms with E-state index in [0.717, 1.165) is 38.9 Å². The Morgan fingerprint density at radius 1 is 1.30 bits per heavy atom. The summed E-state index contributed by atoms with van der Waals surface area (Å²) in [5, 5.41) is 3.16. The number of piperidine rings is 1. The highest BCUT2D eigenvalue weighted by Gasteiger charge is 2.21. The van der Waals surface area contributed by atoms with Crippen LogP contribution < -0.4 is 5.32 Å². The predicted molar refractivity (Wildman–Crippen MR) is 99.8 cm³/mol. The van der Waals surface area contributed by atoms with Gasteiger partial charge in [0.15, 0.2) is 0 Å². The molecular formula is C19H30N2OS. The van der Waals surface area contributed by atoms with E-state index in [0.29, 0.717) is 17.7 Å². The van der Waals surface area contributed by atoms with Crippen LogP contribution in [0.5, 0.6) is 0 Å². The number of rotatable bonds is 7. The minimum atomic E-state index is 0.169. The number of thioether (sulfide) groups is 1. The molecule has 3 nitrogen and oxygen atoms in total. The molecule has 0 radical (unpaired) electrons. The highest BCUT2D eigenvalue weighted by molar-refractivity contribution is 7.99. The number of nitrogens with zero attached hydrogens (tertiary/aromatic N) is 1. The lowest BCUT2D eigenvalue weighted by Gasteiger charge is -2.33. The standard InChI is InChI=1S/C19H30N2OS/c1-15(2)11-16-6-8-17(9-7-16)12-21-10-4-5-18(13-21)20-19(22)14-23-3/h6-9,15,18H,4-5,10-14H2,1-3H3,(H,20,22)/t18-/m1/s1. The van der Waals surface area contributed by atoms with Gasteiger partial charge in [-0.25, -0.2) is 0 Å². The summed E-state index contributed by atoms with van der Waals surface area (Å²) < 4.78 is 0. The Hall–Kier alpha value is -1.00. The summed E-state index contributed by atoms with van der Waals surface area (Å²) in [6, 6.07) is 9.35. The average Bonchev–Trinajstić information content (AvgIpc) is 2.49. The van der Waals surface area contributed by atoms with Crippen LogP contribution in [0, 0.1) is 5.92 Å². The van der Waals surface area contributed by atoms with Crippen molar-refractivity contribution >= 4 is 17.7 Å². The van der Waals surface area contributed by atoms with Gasteiger partial charge in [0, 0.05) is 19.1 Å². The first-order chi connectivity index (χ1) is 11.1. The quantitative estimate of drug-likeness (QED) is 0.830. The molecule has 1 aliphatic rings. The Kier molecular flexibility index (Phi) is 7.44. The molecule has 0 spiro atoms. The van der Waals surface area contributed by atoms with Gasteiger partial charge in [0.25, 0.3) is 0 Å². The Labute approximate surface area is 145 Å². The number of benzene rings is 1. The van der Waals surface area contributed by atoms with Gasteiger partial charge in [0.05, 0.1) is 5.75 Å². The average molecular weight is 335 g/mol. The number of amides is 1. The number of likely N-dealkylation sites (tertiary alicyclic amines) is 1. The van der Waals surface area contributed by atoms with Gasteiger partial charge in [-0.05, 0) is 49.1 Å². The van der Waals surface area contributed by atoms with E-state index in [9.17, 15) is 4.79 Å². The van der Waals surface area contributed by atoms with E-state index in [1.54, 1.807) is 11.8 Å². The number of hydrogen-bond donors (Lipinski definition) is 1. The van der Waals surface area contributed by atoms with E-state index in [4.69, 9.17) is 0 Å². The van der Waals surface area contributed by atoms with Crippen LogP contribution in [-0.4, -0.2) is 41.9 Å². The highest BCUT2D eigenvalue weighted by atomic mass is 32.2. The van der Waals surface area contributed by atoms with Gasteiger partial charge in [-0.15, -0.1) is 0 Å². The summed E-state index contributed by atoms with van der Waals surface area (Å²) in [6.45, 7) is 7.59. The van der Waals surface area contributed by atoms with E-state index >= 15 is 0 Å². The third kappa shape index (κ3) is 6.56. The molecule has 1 amide bonds. The van der Waals surface area contributed by atoms with Crippen LogP contribution in [0.15, 0.2) is 24.3 Å². The van der Waals surface area contributed by atoms with Crippen molar-refractivity contribution in [3.05, 3.63) is 35.4 Å². The lowest BCUT2D eigenvalue weighted by Crippen LogP contribution is -2.47. The summed E-state index contributed by atoms with van der Waals surface area (Å²) in [6.07, 6.45) is 5.38. The van der Waals surface area contributed by atoms with Crippen LogP contribution in [0.25, 0.3) is 0 Å². The fraction of sp³-hybridized carbons (Fsp3) is 0.632. The molecule has 23 heavy (non-hydrogen) atoms. The summed E-state index contributed by atoms with van der Waals surface area (Å²) in [7, 11) is 0. The Bertz CT molecular complexity index is 487. The van der Waals surface area contributed by atoms with Gasteiger partial charge in [-0.3, -0.25) is 9.69 Å². The largest absolute Gasteiger partial charge is 0.351 e. The fourth-order valence-corrected chi connectivity index (χ4v) is 3.57. The molecule has 1 aromatic carbocycles. The van der Waals surface area contributed by atoms with Crippen LogP contribution in [0.4, 0.5) is 0 Å². The third-order valence-electron chi connectivity index (χ3n) is 4.22. The second-order valence-corrected chi connectivity index (χ2v) is 7.86. The SMILES string of the molecule is CSCC(=O)N[C@@H]1CCCN(Cc2ccc(CC(C)C)cc2)C1. The molecule has 1 aromatic rings. The van der Waals surface area contributed by atoms with Crippen LogP contribution in [0.1, 0.15) is 37.8 Å². The zero-order chi connectivity index (χ0) is 16.7. The summed E-state index contributed by atoms with van der Waals surface area (Å²) in [5.74, 6) is 1.43. The Morgan fingerprint density at radius 2 is 2.00 bits per heavy atom. The second kappa shape index (κ2) is 9.33. The monoisotopic (exact) mass is 334 g/mol. The number of carbonyl (C=O) groups is 1. The minimum absolute atomic E-state index is 0.169. The van der Waals surface area contributed by atoms with Crippen molar-refractivity contribution < 1.29 is 4.79 Å². The molecule has 128 valence electrons. The summed E-state index contributed by atoms with van der Waals surface area (Å²) >= 11 is 1.58. The smallest absolute Gasteiger partial charge is 0.230 e. The summed E-state index contributed by atoms with van der Waals surface area (Å²) in [5.41, 5.74) is 2.79. The van der Waals surface area contributed by atoms with Crippen molar-refractivity contribution in [3.63, 3.8) is 0 Å². The molecular weight excluding hydrogens is 304 g/mol. The van der Waals surface area contributed by atoms with Gasteiger partial charge in [-0.2, -0.15) is 11.8 Å². The van der Waals surface area contributed by atoms with Crippen LogP contribution >= 0.6 is 11.8 Å². The minimum Gasteiger partial charge on any atom is -0.351 e. The molecule has 0 saturated carbocycles. The van der Waals surface area contributed by atoms with Crippen molar-refractivity contribution in [2.24, 2.45) is 5.92 Å². The van der Waals surface area contributed by atoms with E-state index in [-0.39, 0.29) is 5.91 Å². The van der Waals surface area contributed by atoms with Crippen LogP contribution in [-0.2, 0) is 17.8 Å². The molecule has 1 fully saturated rings. The number of nitrogens with one attached hydrogen (secondary N) is 1. The molecule has 0 aliphatic carbocycles. The van der Waals surface area contributed by atoms with E-state index in [2.05, 4.69) is 48.3 Å². The van der Waals surface area contributed by atoms with Crippen molar-refractivity contribution in [1.29, 1.82) is 0 Å². The molecule has 1 heterocycles. The van der Waals surface area contributed by atoms with Crippen LogP contribution in [0.2, 0.25) is 0 Å². The number of hydrogen-bond acceptors (Lipinski definition) is 3. The van der Waals surface area contributed by atoms with Gasteiger partial charge < -0.3 is 5.32 Å². The van der Waals surface area contributed by atoms with Gasteiger partial charge >= 0.3 is 0 Å². The Balaban J connectivity index is 1.83. The molecule has 0 unspecified atom stereocenters. The first-order valence-electron chi connectivity index (χ1n) is 8.65. The first kappa shape index (κ1) is 18.3. The van der Waals surface area contributed by atoms with Gasteiger partial charge in [0.1, 0.15) is 0 Å². The first-order valence-corrected chi connectivity index (χ1v) is 10.0. The predicted octanol–water partition coefficient (Wildman–Crippen LogP) is 3.33. The van der Waals surface area contributed by atoms with E-state index < -0.39 is 0 Å². The van der Waals surface area contributed by atoms with E-state index in [1.165, 1.54) is 11.1 Å². The topological polar surface area (TPSA) is 32.3 Å². The Morgan fingerprint density at radius 3 is 2.65 bits per heavy atom. The van der Waals surface area contributed by atoms with Crippen molar-refractivity contribution in [1.82, 2.24) is 10.2 Å². The molecule has 1 N–H and O–H groups in total. The molecule has 1 saturated heterocycles. The third-order valence-corrected chi connectivity index (χ3v) is 4.77. The molecule has 2 rings (SSSR count). The van der Waals surface area contributed by atoms with E-state index in [1.807, 2.05) is 6.26 Å². The van der Waals surface area contributed by atoms with Crippen molar-refractivity contribution in [3.8, 4) is 0 Å². The molecule has 1 atom stereocenters. The maximum Gasteiger partial charge on any atom is 0.230 e. The second-order valence-electron chi connectivity index (χ2n) is 6.99. The molecule has 0 aromatic heterocycles. The maximum absolute atomic E-state index is 11.8. The van der Waals surface area contributed by atoms with Crippen LogP contribution in [0.3, 0.4) is 0 Å². The number of carbonyl (C=O) groups excluding carboxylic acids is 1. The molecule has 4 heteroatoms. The molecule has 0 bridgehead atoms. The normalized spacial score (nSPS) is 19.0. The van der Waals surface area contributed by atoms with Crippen molar-refractivity contribution in [2.75, 3.05) is 25.1 Å². The highest BCUT2D eigenvalue weighted by Crippen LogP contribution is 2.16. The lowest BCUT2D eigenvalue weighted by molar-refractivity contribution is -0.119. The zero-order valence-electron chi connectivity index (χ0n) is 14.7. The fourth-order valence-electron chi connectivity index (χ4n) is 3.23. The molecule has 1 aliphatic heterocycles. The van der Waals surface area contributed by atoms with Gasteiger partial charge in [-0.1, -0.05) is 38.1 Å². The zero-order valence-corrected chi connectivity index (χ0v) is 15.5. The van der Waals surface area contributed by atoms with Gasteiger partial charge in [0.2, 0.25) is 5.91 Å². The lowest BCUT2D eigenvalue weighted by atomic mass is 10.0. The maximum atomic E-state index is 11.8. The van der Waals surface area contributed by atoms with Crippen molar-refractivity contribution in [2.45, 2.75) is 45.7 Å².